The monoisotopic (exact) mass is 470 g/mol. The van der Waals surface area contributed by atoms with E-state index in [-0.39, 0.29) is 5.56 Å². The molecule has 0 aliphatic heterocycles. The van der Waals surface area contributed by atoms with E-state index in [2.05, 4.69) is 15.0 Å². The summed E-state index contributed by atoms with van der Waals surface area (Å²) in [7, 11) is 0. The van der Waals surface area contributed by atoms with Crippen LogP contribution >= 0.6 is 22.9 Å². The number of carboxylic acid groups (broad SMARTS) is 1. The molecule has 4 aromatic rings. The van der Waals surface area contributed by atoms with Gasteiger partial charge in [0.05, 0.1) is 21.0 Å². The number of aromatic nitrogens is 3. The summed E-state index contributed by atoms with van der Waals surface area (Å²) in [6.45, 7) is 1.22. The summed E-state index contributed by atoms with van der Waals surface area (Å²) < 4.78 is 0. The van der Waals surface area contributed by atoms with Crippen LogP contribution in [0.5, 0.6) is 0 Å². The number of hydrogen-bond donors (Lipinski definition) is 3. The highest BCUT2D eigenvalue weighted by Crippen LogP contribution is 2.29. The zero-order chi connectivity index (χ0) is 22.8. The topological polar surface area (TPSA) is 119 Å². The molecule has 10 heteroatoms. The van der Waals surface area contributed by atoms with Crippen LogP contribution in [0.1, 0.15) is 25.9 Å². The third kappa shape index (κ3) is 4.44. The Labute approximate surface area is 191 Å². The molecule has 4 rings (SSSR count). The number of fused-ring (bicyclic) bond motifs is 1. The van der Waals surface area contributed by atoms with Gasteiger partial charge in [-0.3, -0.25) is 19.3 Å². The number of thiophene rings is 1. The number of H-pyrrole nitrogens is 2. The molecule has 164 valence electrons. The Hall–Kier alpha value is -3.43. The number of para-hydroxylation sites is 1. The van der Waals surface area contributed by atoms with Crippen molar-refractivity contribution in [3.05, 3.63) is 79.1 Å². The molecular weight excluding hydrogens is 452 g/mol. The highest BCUT2D eigenvalue weighted by Gasteiger charge is 2.23. The molecular formula is C22H19ClN4O4S. The van der Waals surface area contributed by atoms with Crippen LogP contribution in [0.3, 0.4) is 0 Å². The molecule has 0 saturated heterocycles. The second-order valence-electron chi connectivity index (χ2n) is 7.19. The fraction of sp³-hybridized carbons (Fsp3) is 0.182. The van der Waals surface area contributed by atoms with E-state index in [9.17, 15) is 19.5 Å². The van der Waals surface area contributed by atoms with Gasteiger partial charge in [0.2, 0.25) is 0 Å². The van der Waals surface area contributed by atoms with Gasteiger partial charge in [-0.05, 0) is 49.6 Å². The van der Waals surface area contributed by atoms with E-state index in [1.807, 2.05) is 6.07 Å². The molecule has 1 amide bonds. The van der Waals surface area contributed by atoms with Crippen molar-refractivity contribution in [2.45, 2.75) is 19.8 Å². The number of aliphatic carboxylic acids is 1. The molecule has 3 aromatic heterocycles. The average molecular weight is 471 g/mol. The lowest BCUT2D eigenvalue weighted by Crippen LogP contribution is -2.35. The molecule has 0 aliphatic rings. The number of nitrogens with zero attached hydrogens (tertiary/aromatic N) is 2. The number of carboxylic acids is 1. The van der Waals surface area contributed by atoms with Gasteiger partial charge in [-0.2, -0.15) is 0 Å². The van der Waals surface area contributed by atoms with Crippen LogP contribution in [0.25, 0.3) is 11.0 Å². The maximum absolute atomic E-state index is 13.1. The van der Waals surface area contributed by atoms with Gasteiger partial charge in [0.15, 0.2) is 0 Å². The van der Waals surface area contributed by atoms with Gasteiger partial charge in [0, 0.05) is 11.1 Å². The molecule has 0 aliphatic carbocycles. The van der Waals surface area contributed by atoms with E-state index in [1.165, 1.54) is 11.3 Å². The first kappa shape index (κ1) is 21.8. The van der Waals surface area contributed by atoms with Crippen LogP contribution < -0.4 is 10.5 Å². The number of hydrogen-bond acceptors (Lipinski definition) is 5. The van der Waals surface area contributed by atoms with Gasteiger partial charge in [-0.1, -0.05) is 23.7 Å². The Morgan fingerprint density at radius 1 is 1.19 bits per heavy atom. The van der Waals surface area contributed by atoms with Crippen molar-refractivity contribution < 1.29 is 14.7 Å². The largest absolute Gasteiger partial charge is 0.480 e. The van der Waals surface area contributed by atoms with Crippen molar-refractivity contribution in [1.82, 2.24) is 15.0 Å². The first-order chi connectivity index (χ1) is 15.3. The molecule has 8 nitrogen and oxygen atoms in total. The molecule has 3 heterocycles. The lowest BCUT2D eigenvalue weighted by atomic mass is 10.1. The number of rotatable bonds is 7. The molecule has 32 heavy (non-hydrogen) atoms. The maximum Gasteiger partial charge on any atom is 0.323 e. The van der Waals surface area contributed by atoms with Crippen LogP contribution in [0.2, 0.25) is 5.02 Å². The summed E-state index contributed by atoms with van der Waals surface area (Å²) in [6, 6.07) is 10.2. The van der Waals surface area contributed by atoms with E-state index in [0.717, 1.165) is 15.3 Å². The van der Waals surface area contributed by atoms with Crippen molar-refractivity contribution in [3.8, 4) is 0 Å². The minimum absolute atomic E-state index is 0.185. The molecule has 0 atom stereocenters. The Kier molecular flexibility index (Phi) is 6.11. The molecule has 1 aromatic carbocycles. The highest BCUT2D eigenvalue weighted by atomic mass is 35.5. The van der Waals surface area contributed by atoms with Gasteiger partial charge >= 0.3 is 5.97 Å². The number of anilines is 1. The zero-order valence-corrected chi connectivity index (χ0v) is 18.6. The summed E-state index contributed by atoms with van der Waals surface area (Å²) in [5.41, 5.74) is 1.55. The first-order valence-electron chi connectivity index (χ1n) is 9.77. The van der Waals surface area contributed by atoms with Crippen molar-refractivity contribution in [2.75, 3.05) is 11.4 Å². The standard InChI is InChI=1S/C22H19ClN4O4S/c1-12-25-20-19(21(30)26-12)13(10-24-20)6-7-14-8-9-17(32-14)22(31)27(11-18(28)29)16-5-3-2-4-15(16)23/h2-5,8-10H,6-7,11H2,1H3,(H,28,29)(H2,24,25,26,30). The summed E-state index contributed by atoms with van der Waals surface area (Å²) in [5.74, 6) is -1.02. The normalized spacial score (nSPS) is 11.1. The summed E-state index contributed by atoms with van der Waals surface area (Å²) in [4.78, 5) is 49.3. The Morgan fingerprint density at radius 2 is 1.97 bits per heavy atom. The molecule has 0 radical (unpaired) electrons. The van der Waals surface area contributed by atoms with Gasteiger partial charge in [-0.25, -0.2) is 4.98 Å². The smallest absolute Gasteiger partial charge is 0.323 e. The predicted octanol–water partition coefficient (Wildman–Crippen LogP) is 3.79. The van der Waals surface area contributed by atoms with Gasteiger partial charge in [0.25, 0.3) is 11.5 Å². The van der Waals surface area contributed by atoms with Crippen LogP contribution in [-0.4, -0.2) is 38.5 Å². The minimum Gasteiger partial charge on any atom is -0.480 e. The van der Waals surface area contributed by atoms with Crippen LogP contribution in [0.4, 0.5) is 5.69 Å². The third-order valence-corrected chi connectivity index (χ3v) is 6.39. The quantitative estimate of drug-likeness (QED) is 0.379. The second kappa shape index (κ2) is 8.97. The van der Waals surface area contributed by atoms with Gasteiger partial charge < -0.3 is 15.1 Å². The number of nitrogens with one attached hydrogen (secondary N) is 2. The number of aryl methyl sites for hydroxylation is 3. The number of carbonyl (C=O) groups excluding carboxylic acids is 1. The first-order valence-corrected chi connectivity index (χ1v) is 11.0. The lowest BCUT2D eigenvalue weighted by Gasteiger charge is -2.21. The number of halogens is 1. The van der Waals surface area contributed by atoms with Crippen LogP contribution in [0, 0.1) is 6.92 Å². The molecule has 0 saturated carbocycles. The lowest BCUT2D eigenvalue weighted by molar-refractivity contribution is -0.135. The zero-order valence-electron chi connectivity index (χ0n) is 17.0. The van der Waals surface area contributed by atoms with Gasteiger partial charge in [-0.15, -0.1) is 11.3 Å². The summed E-state index contributed by atoms with van der Waals surface area (Å²) in [5, 5.41) is 10.1. The Balaban J connectivity index is 1.54. The average Bonchev–Trinajstić information content (AvgIpc) is 3.37. The van der Waals surface area contributed by atoms with E-state index in [4.69, 9.17) is 11.6 Å². The van der Waals surface area contributed by atoms with E-state index >= 15 is 0 Å². The van der Waals surface area contributed by atoms with E-state index in [0.29, 0.717) is 45.3 Å². The molecule has 3 N–H and O–H groups in total. The van der Waals surface area contributed by atoms with Crippen molar-refractivity contribution >= 4 is 51.5 Å². The van der Waals surface area contributed by atoms with E-state index in [1.54, 1.807) is 43.5 Å². The molecule has 0 fully saturated rings. The predicted molar refractivity (Wildman–Crippen MR) is 124 cm³/mol. The highest BCUT2D eigenvalue weighted by molar-refractivity contribution is 7.14. The molecule has 0 unspecified atom stereocenters. The number of amides is 1. The summed E-state index contributed by atoms with van der Waals surface area (Å²) >= 11 is 7.49. The fourth-order valence-electron chi connectivity index (χ4n) is 3.50. The van der Waals surface area contributed by atoms with Crippen molar-refractivity contribution in [1.29, 1.82) is 0 Å². The molecule has 0 spiro atoms. The number of carbonyl (C=O) groups is 2. The Bertz CT molecular complexity index is 1370. The number of benzene rings is 1. The maximum atomic E-state index is 13.1. The van der Waals surface area contributed by atoms with Crippen LogP contribution in [0.15, 0.2) is 47.4 Å². The number of aromatic amines is 2. The van der Waals surface area contributed by atoms with Crippen molar-refractivity contribution in [3.63, 3.8) is 0 Å². The second-order valence-corrected chi connectivity index (χ2v) is 8.77. The van der Waals surface area contributed by atoms with Gasteiger partial charge in [0.1, 0.15) is 18.0 Å². The minimum atomic E-state index is -1.14. The van der Waals surface area contributed by atoms with Crippen LogP contribution in [-0.2, 0) is 17.6 Å². The van der Waals surface area contributed by atoms with Crippen molar-refractivity contribution in [2.24, 2.45) is 0 Å². The Morgan fingerprint density at radius 3 is 2.72 bits per heavy atom. The SMILES string of the molecule is Cc1nc2[nH]cc(CCc3ccc(C(=O)N(CC(=O)O)c4ccccc4Cl)s3)c2c(=O)[nH]1. The summed E-state index contributed by atoms with van der Waals surface area (Å²) in [6.07, 6.45) is 2.98. The third-order valence-electron chi connectivity index (χ3n) is 4.94. The fourth-order valence-corrected chi connectivity index (χ4v) is 4.70. The van der Waals surface area contributed by atoms with E-state index < -0.39 is 18.4 Å². The molecule has 0 bridgehead atoms.